The molecule has 0 aromatic heterocycles. The van der Waals surface area contributed by atoms with Crippen molar-refractivity contribution in [1.29, 1.82) is 0 Å². The first-order valence-electron chi connectivity index (χ1n) is 13.0. The van der Waals surface area contributed by atoms with Crippen molar-refractivity contribution in [3.8, 4) is 0 Å². The molecule has 1 saturated heterocycles. The second-order valence-corrected chi connectivity index (χ2v) is 9.06. The number of benzene rings is 2. The van der Waals surface area contributed by atoms with E-state index in [0.717, 1.165) is 0 Å². The standard InChI is InChI=1S/C28H32N4O9/c1-18(33)31-23-25(41-27(36)20-13-7-4-8-14-20)24(40-26(35)19-11-5-3-6-12-19)21(17-30-32-29)39-28(23)38-16-10-9-15-22(34)37-2/h3-8,11-14,21,23-25,28H,9-10,15-17H2,1-2H3,(H,31,33). The molecule has 0 aliphatic carbocycles. The third-order valence-corrected chi connectivity index (χ3v) is 6.13. The predicted octanol–water partition coefficient (Wildman–Crippen LogP) is 3.34. The molecule has 0 spiro atoms. The first-order valence-corrected chi connectivity index (χ1v) is 13.0. The van der Waals surface area contributed by atoms with Gasteiger partial charge >= 0.3 is 17.9 Å². The van der Waals surface area contributed by atoms with Crippen LogP contribution in [0.25, 0.3) is 10.4 Å². The third-order valence-electron chi connectivity index (χ3n) is 6.13. The van der Waals surface area contributed by atoms with E-state index in [9.17, 15) is 19.2 Å². The number of hydrogen-bond donors (Lipinski definition) is 1. The molecule has 0 saturated carbocycles. The molecule has 13 heteroatoms. The molecule has 0 radical (unpaired) electrons. The van der Waals surface area contributed by atoms with Crippen LogP contribution in [0.5, 0.6) is 0 Å². The van der Waals surface area contributed by atoms with Gasteiger partial charge in [0, 0.05) is 24.9 Å². The molecule has 1 N–H and O–H groups in total. The summed E-state index contributed by atoms with van der Waals surface area (Å²) < 4.78 is 28.3. The second-order valence-electron chi connectivity index (χ2n) is 9.06. The Morgan fingerprint density at radius 1 is 0.927 bits per heavy atom. The molecule has 41 heavy (non-hydrogen) atoms. The number of carbonyl (C=O) groups is 4. The molecule has 1 amide bonds. The number of rotatable bonds is 13. The van der Waals surface area contributed by atoms with Gasteiger partial charge in [0.2, 0.25) is 5.91 Å². The lowest BCUT2D eigenvalue weighted by Crippen LogP contribution is -2.66. The van der Waals surface area contributed by atoms with Gasteiger partial charge in [-0.25, -0.2) is 9.59 Å². The van der Waals surface area contributed by atoms with Crippen LogP contribution in [0.1, 0.15) is 46.9 Å². The van der Waals surface area contributed by atoms with E-state index in [-0.39, 0.29) is 36.7 Å². The molecule has 5 unspecified atom stereocenters. The number of carbonyl (C=O) groups excluding carboxylic acids is 4. The average molecular weight is 569 g/mol. The number of unbranched alkanes of at least 4 members (excludes halogenated alkanes) is 1. The van der Waals surface area contributed by atoms with Gasteiger partial charge in [-0.05, 0) is 42.6 Å². The zero-order chi connectivity index (χ0) is 29.6. The summed E-state index contributed by atoms with van der Waals surface area (Å²) in [6, 6.07) is 15.2. The lowest BCUT2D eigenvalue weighted by molar-refractivity contribution is -0.261. The Morgan fingerprint density at radius 2 is 1.51 bits per heavy atom. The van der Waals surface area contributed by atoms with Crippen molar-refractivity contribution in [1.82, 2.24) is 5.32 Å². The number of amides is 1. The van der Waals surface area contributed by atoms with E-state index in [1.54, 1.807) is 60.7 Å². The zero-order valence-electron chi connectivity index (χ0n) is 22.7. The molecule has 218 valence electrons. The highest BCUT2D eigenvalue weighted by molar-refractivity contribution is 5.90. The number of esters is 3. The molecule has 5 atom stereocenters. The van der Waals surface area contributed by atoms with E-state index < -0.39 is 48.5 Å². The maximum Gasteiger partial charge on any atom is 0.338 e. The van der Waals surface area contributed by atoms with Gasteiger partial charge in [0.25, 0.3) is 0 Å². The molecule has 3 rings (SSSR count). The normalized spacial score (nSPS) is 21.6. The number of hydrogen-bond acceptors (Lipinski definition) is 10. The Hall–Kier alpha value is -4.45. The Morgan fingerprint density at radius 3 is 2.05 bits per heavy atom. The second kappa shape index (κ2) is 16.0. The first kappa shape index (κ1) is 31.1. The Labute approximate surface area is 236 Å². The quantitative estimate of drug-likeness (QED) is 0.0948. The number of azide groups is 1. The zero-order valence-corrected chi connectivity index (χ0v) is 22.7. The van der Waals surface area contributed by atoms with Crippen molar-refractivity contribution in [3.63, 3.8) is 0 Å². The van der Waals surface area contributed by atoms with Crippen LogP contribution in [0.15, 0.2) is 65.8 Å². The SMILES string of the molecule is COC(=O)CCCCOC1OC(CN=[N+]=[N-])C(OC(=O)c2ccccc2)C(OC(=O)c2ccccc2)C1NC(C)=O. The number of nitrogens with one attached hydrogen (secondary N) is 1. The van der Waals surface area contributed by atoms with E-state index in [0.29, 0.717) is 12.8 Å². The third kappa shape index (κ3) is 9.31. The van der Waals surface area contributed by atoms with Crippen LogP contribution in [0.4, 0.5) is 0 Å². The minimum absolute atomic E-state index is 0.111. The van der Waals surface area contributed by atoms with Crippen LogP contribution >= 0.6 is 0 Å². The molecule has 1 fully saturated rings. The lowest BCUT2D eigenvalue weighted by atomic mass is 9.95. The number of ether oxygens (including phenoxy) is 5. The van der Waals surface area contributed by atoms with E-state index in [4.69, 9.17) is 24.5 Å². The van der Waals surface area contributed by atoms with Gasteiger partial charge in [-0.1, -0.05) is 41.5 Å². The van der Waals surface area contributed by atoms with E-state index >= 15 is 0 Å². The summed E-state index contributed by atoms with van der Waals surface area (Å²) in [4.78, 5) is 52.7. The van der Waals surface area contributed by atoms with Crippen molar-refractivity contribution in [3.05, 3.63) is 82.2 Å². The largest absolute Gasteiger partial charge is 0.469 e. The van der Waals surface area contributed by atoms with Crippen molar-refractivity contribution in [2.45, 2.75) is 56.8 Å². The van der Waals surface area contributed by atoms with Crippen LogP contribution in [0.2, 0.25) is 0 Å². The number of nitrogens with zero attached hydrogens (tertiary/aromatic N) is 3. The Bertz CT molecular complexity index is 1220. The van der Waals surface area contributed by atoms with Gasteiger partial charge in [0.05, 0.1) is 24.8 Å². The van der Waals surface area contributed by atoms with Crippen LogP contribution in [0.3, 0.4) is 0 Å². The summed E-state index contributed by atoms with van der Waals surface area (Å²) >= 11 is 0. The minimum atomic E-state index is -1.30. The fraction of sp³-hybridized carbons (Fsp3) is 0.429. The van der Waals surface area contributed by atoms with Gasteiger partial charge < -0.3 is 29.0 Å². The summed E-state index contributed by atoms with van der Waals surface area (Å²) in [5.74, 6) is -2.33. The maximum atomic E-state index is 13.2. The molecular weight excluding hydrogens is 536 g/mol. The molecule has 13 nitrogen and oxygen atoms in total. The summed E-state index contributed by atoms with van der Waals surface area (Å²) in [6.45, 7) is 1.08. The molecule has 2 aromatic rings. The Kier molecular flexibility index (Phi) is 12.1. The highest BCUT2D eigenvalue weighted by Gasteiger charge is 2.51. The molecule has 1 heterocycles. The fourth-order valence-corrected chi connectivity index (χ4v) is 4.18. The van der Waals surface area contributed by atoms with Gasteiger partial charge in [0.15, 0.2) is 18.5 Å². The van der Waals surface area contributed by atoms with Crippen LogP contribution in [-0.2, 0) is 33.3 Å². The van der Waals surface area contributed by atoms with Crippen LogP contribution < -0.4 is 5.32 Å². The first-order chi connectivity index (χ1) is 19.8. The van der Waals surface area contributed by atoms with E-state index in [1.165, 1.54) is 14.0 Å². The monoisotopic (exact) mass is 568 g/mol. The Balaban J connectivity index is 1.93. The van der Waals surface area contributed by atoms with E-state index in [2.05, 4.69) is 20.1 Å². The van der Waals surface area contributed by atoms with Crippen molar-refractivity contribution < 1.29 is 42.9 Å². The molecule has 1 aliphatic heterocycles. The summed E-state index contributed by atoms with van der Waals surface area (Å²) in [5.41, 5.74) is 9.44. The highest BCUT2D eigenvalue weighted by atomic mass is 16.7. The number of methoxy groups -OCH3 is 1. The van der Waals surface area contributed by atoms with E-state index in [1.807, 2.05) is 0 Å². The van der Waals surface area contributed by atoms with Crippen LogP contribution in [0, 0.1) is 0 Å². The average Bonchev–Trinajstić information content (AvgIpc) is 2.98. The minimum Gasteiger partial charge on any atom is -0.469 e. The molecule has 0 bridgehead atoms. The highest BCUT2D eigenvalue weighted by Crippen LogP contribution is 2.29. The maximum absolute atomic E-state index is 13.2. The predicted molar refractivity (Wildman–Crippen MR) is 143 cm³/mol. The summed E-state index contributed by atoms with van der Waals surface area (Å²) in [6.07, 6.45) is -3.77. The summed E-state index contributed by atoms with van der Waals surface area (Å²) in [5, 5.41) is 6.28. The van der Waals surface area contributed by atoms with Crippen molar-refractivity contribution in [2.75, 3.05) is 20.3 Å². The van der Waals surface area contributed by atoms with Gasteiger partial charge in [-0.3, -0.25) is 9.59 Å². The van der Waals surface area contributed by atoms with Crippen molar-refractivity contribution >= 4 is 23.8 Å². The molecular formula is C28H32N4O9. The smallest absolute Gasteiger partial charge is 0.338 e. The topological polar surface area (TPSA) is 175 Å². The van der Waals surface area contributed by atoms with Crippen molar-refractivity contribution in [2.24, 2.45) is 5.11 Å². The molecule has 2 aromatic carbocycles. The van der Waals surface area contributed by atoms with Crippen LogP contribution in [-0.4, -0.2) is 74.7 Å². The fourth-order valence-electron chi connectivity index (χ4n) is 4.18. The summed E-state index contributed by atoms with van der Waals surface area (Å²) in [7, 11) is 1.30. The molecule has 1 aliphatic rings. The van der Waals surface area contributed by atoms with Gasteiger partial charge in [-0.15, -0.1) is 0 Å². The van der Waals surface area contributed by atoms with Gasteiger partial charge in [0.1, 0.15) is 12.1 Å². The van der Waals surface area contributed by atoms with Gasteiger partial charge in [-0.2, -0.15) is 0 Å². The lowest BCUT2D eigenvalue weighted by Gasteiger charge is -2.45.